The van der Waals surface area contributed by atoms with Crippen molar-refractivity contribution in [3.05, 3.63) is 60.7 Å². The molecule has 0 atom stereocenters. The van der Waals surface area contributed by atoms with Gasteiger partial charge in [-0.25, -0.2) is 4.79 Å². The number of carbonyl (C=O) groups excluding carboxylic acids is 1. The first-order valence-corrected chi connectivity index (χ1v) is 9.62. The Bertz CT molecular complexity index is 985. The van der Waals surface area contributed by atoms with E-state index in [1.165, 1.54) is 12.8 Å². The monoisotopic (exact) mass is 389 g/mol. The Morgan fingerprint density at radius 3 is 2.34 bits per heavy atom. The molecule has 7 heteroatoms. The Balaban J connectivity index is 1.43. The number of hydrogen-bond donors (Lipinski definition) is 2. The molecule has 0 aliphatic carbocycles. The highest BCUT2D eigenvalue weighted by Gasteiger charge is 2.14. The number of methoxy groups -OCH3 is 1. The second-order valence-corrected chi connectivity index (χ2v) is 6.86. The van der Waals surface area contributed by atoms with Crippen LogP contribution in [0.5, 0.6) is 5.75 Å². The van der Waals surface area contributed by atoms with Crippen LogP contribution in [-0.4, -0.2) is 36.4 Å². The fourth-order valence-electron chi connectivity index (χ4n) is 3.34. The van der Waals surface area contributed by atoms with Crippen LogP contribution in [0.25, 0.3) is 11.3 Å². The average molecular weight is 389 g/mol. The molecule has 0 spiro atoms. The van der Waals surface area contributed by atoms with Crippen molar-refractivity contribution in [2.75, 3.05) is 35.7 Å². The fourth-order valence-corrected chi connectivity index (χ4v) is 3.34. The zero-order valence-corrected chi connectivity index (χ0v) is 16.3. The number of benzene rings is 2. The van der Waals surface area contributed by atoms with E-state index < -0.39 is 0 Å². The molecule has 2 amide bonds. The maximum absolute atomic E-state index is 12.3. The second kappa shape index (κ2) is 8.60. The van der Waals surface area contributed by atoms with E-state index in [-0.39, 0.29) is 6.03 Å². The van der Waals surface area contributed by atoms with E-state index in [9.17, 15) is 4.79 Å². The summed E-state index contributed by atoms with van der Waals surface area (Å²) in [6, 6.07) is 18.4. The summed E-state index contributed by atoms with van der Waals surface area (Å²) in [5.41, 5.74) is 2.99. The Morgan fingerprint density at radius 1 is 0.931 bits per heavy atom. The van der Waals surface area contributed by atoms with Gasteiger partial charge in [0.15, 0.2) is 5.82 Å². The summed E-state index contributed by atoms with van der Waals surface area (Å²) in [4.78, 5) is 14.6. The third-order valence-corrected chi connectivity index (χ3v) is 4.82. The van der Waals surface area contributed by atoms with Gasteiger partial charge in [0.05, 0.1) is 12.8 Å². The van der Waals surface area contributed by atoms with E-state index in [1.807, 2.05) is 48.5 Å². The lowest BCUT2D eigenvalue weighted by atomic mass is 10.1. The maximum Gasteiger partial charge on any atom is 0.323 e. The van der Waals surface area contributed by atoms with Gasteiger partial charge < -0.3 is 20.3 Å². The number of anilines is 3. The average Bonchev–Trinajstić information content (AvgIpc) is 3.29. The lowest BCUT2D eigenvalue weighted by molar-refractivity contribution is 0.262. The molecule has 1 aromatic heterocycles. The van der Waals surface area contributed by atoms with Gasteiger partial charge in [0.1, 0.15) is 5.75 Å². The molecular weight excluding hydrogens is 366 g/mol. The SMILES string of the molecule is COc1cccc(NC(=O)Nc2cccc(-c3ccc(N4CCCC4)nn3)c2)c1. The van der Waals surface area contributed by atoms with Gasteiger partial charge >= 0.3 is 6.03 Å². The van der Waals surface area contributed by atoms with Crippen molar-refractivity contribution >= 4 is 23.2 Å². The van der Waals surface area contributed by atoms with Crippen molar-refractivity contribution in [1.82, 2.24) is 10.2 Å². The van der Waals surface area contributed by atoms with E-state index in [0.717, 1.165) is 30.2 Å². The standard InChI is InChI=1S/C22H23N5O2/c1-29-19-9-5-8-18(15-19)24-22(28)23-17-7-4-6-16(14-17)20-10-11-21(26-25-20)27-12-2-3-13-27/h4-11,14-15H,2-3,12-13H2,1H3,(H2,23,24,28). The largest absolute Gasteiger partial charge is 0.497 e. The first-order valence-electron chi connectivity index (χ1n) is 9.62. The van der Waals surface area contributed by atoms with E-state index in [0.29, 0.717) is 17.1 Å². The lowest BCUT2D eigenvalue weighted by Crippen LogP contribution is -2.19. The van der Waals surface area contributed by atoms with Crippen LogP contribution in [0.1, 0.15) is 12.8 Å². The van der Waals surface area contributed by atoms with Crippen LogP contribution < -0.4 is 20.3 Å². The number of urea groups is 1. The number of carbonyl (C=O) groups is 1. The number of amides is 2. The molecule has 2 aromatic carbocycles. The number of nitrogens with one attached hydrogen (secondary N) is 2. The minimum atomic E-state index is -0.328. The van der Waals surface area contributed by atoms with Gasteiger partial charge in [-0.1, -0.05) is 18.2 Å². The third-order valence-electron chi connectivity index (χ3n) is 4.82. The minimum absolute atomic E-state index is 0.328. The van der Waals surface area contributed by atoms with E-state index in [4.69, 9.17) is 4.74 Å². The van der Waals surface area contributed by atoms with Gasteiger partial charge in [-0.3, -0.25) is 0 Å². The quantitative estimate of drug-likeness (QED) is 0.676. The van der Waals surface area contributed by atoms with E-state index in [2.05, 4.69) is 25.7 Å². The van der Waals surface area contributed by atoms with Crippen LogP contribution in [0.3, 0.4) is 0 Å². The molecule has 4 rings (SSSR count). The molecule has 0 unspecified atom stereocenters. The second-order valence-electron chi connectivity index (χ2n) is 6.86. The number of nitrogens with zero attached hydrogens (tertiary/aromatic N) is 3. The Morgan fingerprint density at radius 2 is 1.66 bits per heavy atom. The molecule has 29 heavy (non-hydrogen) atoms. The molecule has 2 N–H and O–H groups in total. The van der Waals surface area contributed by atoms with Crippen LogP contribution in [0.4, 0.5) is 22.0 Å². The van der Waals surface area contributed by atoms with Gasteiger partial charge in [-0.15, -0.1) is 10.2 Å². The van der Waals surface area contributed by atoms with Crippen LogP contribution in [0.2, 0.25) is 0 Å². The fraction of sp³-hybridized carbons (Fsp3) is 0.227. The summed E-state index contributed by atoms with van der Waals surface area (Å²) in [7, 11) is 1.59. The Labute approximate surface area is 169 Å². The summed E-state index contributed by atoms with van der Waals surface area (Å²) < 4.78 is 5.17. The van der Waals surface area contributed by atoms with Gasteiger partial charge in [0.25, 0.3) is 0 Å². The molecule has 1 aliphatic heterocycles. The number of rotatable bonds is 5. The van der Waals surface area contributed by atoms with E-state index >= 15 is 0 Å². The Hall–Kier alpha value is -3.61. The highest BCUT2D eigenvalue weighted by Crippen LogP contribution is 2.23. The molecule has 2 heterocycles. The van der Waals surface area contributed by atoms with Crippen molar-refractivity contribution < 1.29 is 9.53 Å². The van der Waals surface area contributed by atoms with Crippen LogP contribution in [0, 0.1) is 0 Å². The normalized spacial score (nSPS) is 13.2. The molecule has 0 radical (unpaired) electrons. The smallest absolute Gasteiger partial charge is 0.323 e. The third kappa shape index (κ3) is 4.63. The van der Waals surface area contributed by atoms with Gasteiger partial charge in [-0.2, -0.15) is 0 Å². The maximum atomic E-state index is 12.3. The molecule has 3 aromatic rings. The zero-order valence-electron chi connectivity index (χ0n) is 16.3. The highest BCUT2D eigenvalue weighted by molar-refractivity contribution is 6.00. The summed E-state index contributed by atoms with van der Waals surface area (Å²) in [6.45, 7) is 2.08. The summed E-state index contributed by atoms with van der Waals surface area (Å²) in [5, 5.41) is 14.4. The van der Waals surface area contributed by atoms with E-state index in [1.54, 1.807) is 19.2 Å². The van der Waals surface area contributed by atoms with Crippen LogP contribution >= 0.6 is 0 Å². The number of ether oxygens (including phenoxy) is 1. The first-order chi connectivity index (χ1) is 14.2. The summed E-state index contributed by atoms with van der Waals surface area (Å²) in [6.07, 6.45) is 2.41. The summed E-state index contributed by atoms with van der Waals surface area (Å²) in [5.74, 6) is 1.60. The number of aromatic nitrogens is 2. The minimum Gasteiger partial charge on any atom is -0.497 e. The molecule has 0 bridgehead atoms. The van der Waals surface area contributed by atoms with Crippen LogP contribution in [-0.2, 0) is 0 Å². The van der Waals surface area contributed by atoms with Crippen molar-refractivity contribution in [3.8, 4) is 17.0 Å². The van der Waals surface area contributed by atoms with Crippen molar-refractivity contribution in [2.24, 2.45) is 0 Å². The first kappa shape index (κ1) is 18.7. The van der Waals surface area contributed by atoms with Crippen molar-refractivity contribution in [1.29, 1.82) is 0 Å². The topological polar surface area (TPSA) is 79.4 Å². The molecular formula is C22H23N5O2. The molecule has 1 aliphatic rings. The van der Waals surface area contributed by atoms with Crippen LogP contribution in [0.15, 0.2) is 60.7 Å². The Kier molecular flexibility index (Phi) is 5.56. The molecule has 148 valence electrons. The molecule has 1 saturated heterocycles. The summed E-state index contributed by atoms with van der Waals surface area (Å²) >= 11 is 0. The van der Waals surface area contributed by atoms with Gasteiger partial charge in [0, 0.05) is 36.1 Å². The molecule has 0 saturated carbocycles. The molecule has 7 nitrogen and oxygen atoms in total. The van der Waals surface area contributed by atoms with Crippen molar-refractivity contribution in [2.45, 2.75) is 12.8 Å². The molecule has 1 fully saturated rings. The predicted octanol–water partition coefficient (Wildman–Crippen LogP) is 4.40. The van der Waals surface area contributed by atoms with Crippen molar-refractivity contribution in [3.63, 3.8) is 0 Å². The predicted molar refractivity (Wildman–Crippen MR) is 115 cm³/mol. The lowest BCUT2D eigenvalue weighted by Gasteiger charge is -2.15. The number of hydrogen-bond acceptors (Lipinski definition) is 5. The van der Waals surface area contributed by atoms with Gasteiger partial charge in [0.2, 0.25) is 0 Å². The zero-order chi connectivity index (χ0) is 20.1. The highest BCUT2D eigenvalue weighted by atomic mass is 16.5. The van der Waals surface area contributed by atoms with Gasteiger partial charge in [-0.05, 0) is 49.2 Å².